The van der Waals surface area contributed by atoms with E-state index in [1.165, 1.54) is 12.8 Å². The third-order valence-corrected chi connectivity index (χ3v) is 3.94. The molecule has 92 valence electrons. The van der Waals surface area contributed by atoms with Crippen LogP contribution in [0.1, 0.15) is 46.5 Å². The number of esters is 1. The van der Waals surface area contributed by atoms with Crippen LogP contribution in [0.2, 0.25) is 0 Å². The molecular formula is C13H23NO2. The van der Waals surface area contributed by atoms with E-state index in [0.29, 0.717) is 12.1 Å². The topological polar surface area (TPSA) is 29.5 Å². The van der Waals surface area contributed by atoms with Gasteiger partial charge in [0.05, 0.1) is 5.41 Å². The van der Waals surface area contributed by atoms with Gasteiger partial charge in [0.25, 0.3) is 0 Å². The molecule has 0 aliphatic carbocycles. The molecule has 16 heavy (non-hydrogen) atoms. The summed E-state index contributed by atoms with van der Waals surface area (Å²) in [6.45, 7) is 5.75. The zero-order chi connectivity index (χ0) is 11.9. The summed E-state index contributed by atoms with van der Waals surface area (Å²) in [5.41, 5.74) is -0.373. The van der Waals surface area contributed by atoms with Crippen LogP contribution in [0.3, 0.4) is 0 Å². The van der Waals surface area contributed by atoms with Crippen LogP contribution in [0.5, 0.6) is 0 Å². The molecule has 2 rings (SSSR count). The smallest absolute Gasteiger partial charge is 0.311 e. The molecule has 0 N–H and O–H groups in total. The Morgan fingerprint density at radius 2 is 1.69 bits per heavy atom. The highest BCUT2D eigenvalue weighted by Gasteiger charge is 2.40. The van der Waals surface area contributed by atoms with E-state index < -0.39 is 0 Å². The number of carbonyl (C=O) groups excluding carboxylic acids is 1. The predicted octanol–water partition coefficient (Wildman–Crippen LogP) is 2.20. The van der Waals surface area contributed by atoms with Crippen molar-refractivity contribution in [3.05, 3.63) is 0 Å². The van der Waals surface area contributed by atoms with Gasteiger partial charge in [-0.15, -0.1) is 0 Å². The molecule has 2 aliphatic rings. The van der Waals surface area contributed by atoms with Crippen molar-refractivity contribution in [2.75, 3.05) is 7.05 Å². The summed E-state index contributed by atoms with van der Waals surface area (Å²) >= 11 is 0. The molecule has 0 aromatic rings. The summed E-state index contributed by atoms with van der Waals surface area (Å²) in [6, 6.07) is 1.27. The lowest BCUT2D eigenvalue weighted by atomic mass is 9.96. The molecule has 0 amide bonds. The third kappa shape index (κ3) is 2.24. The fraction of sp³-hybridized carbons (Fsp3) is 0.923. The van der Waals surface area contributed by atoms with Crippen molar-refractivity contribution in [3.8, 4) is 0 Å². The minimum Gasteiger partial charge on any atom is -0.462 e. The maximum absolute atomic E-state index is 11.8. The van der Waals surface area contributed by atoms with E-state index in [2.05, 4.69) is 11.9 Å². The van der Waals surface area contributed by atoms with Gasteiger partial charge in [-0.3, -0.25) is 4.79 Å². The maximum atomic E-state index is 11.8. The number of rotatable bonds is 1. The van der Waals surface area contributed by atoms with Crippen molar-refractivity contribution in [3.63, 3.8) is 0 Å². The first-order valence-electron chi connectivity index (χ1n) is 6.31. The highest BCUT2D eigenvalue weighted by Crippen LogP contribution is 2.36. The van der Waals surface area contributed by atoms with Crippen LogP contribution < -0.4 is 0 Å². The lowest BCUT2D eigenvalue weighted by Gasteiger charge is -2.36. The van der Waals surface area contributed by atoms with Crippen LogP contribution in [-0.4, -0.2) is 36.1 Å². The second kappa shape index (κ2) is 4.02. The summed E-state index contributed by atoms with van der Waals surface area (Å²) in [5, 5.41) is 0. The van der Waals surface area contributed by atoms with E-state index in [1.54, 1.807) is 0 Å². The maximum Gasteiger partial charge on any atom is 0.311 e. The molecule has 0 saturated carbocycles. The van der Waals surface area contributed by atoms with Gasteiger partial charge in [0.15, 0.2) is 0 Å². The molecule has 2 saturated heterocycles. The van der Waals surface area contributed by atoms with Crippen LogP contribution in [0.4, 0.5) is 0 Å². The zero-order valence-corrected chi connectivity index (χ0v) is 10.8. The van der Waals surface area contributed by atoms with Crippen LogP contribution >= 0.6 is 0 Å². The Morgan fingerprint density at radius 3 is 2.12 bits per heavy atom. The normalized spacial score (nSPS) is 35.1. The molecule has 2 heterocycles. The Hall–Kier alpha value is -0.570. The zero-order valence-electron chi connectivity index (χ0n) is 10.8. The van der Waals surface area contributed by atoms with Crippen molar-refractivity contribution in [2.24, 2.45) is 5.41 Å². The van der Waals surface area contributed by atoms with Crippen molar-refractivity contribution >= 4 is 5.97 Å². The van der Waals surface area contributed by atoms with Gasteiger partial charge >= 0.3 is 5.97 Å². The van der Waals surface area contributed by atoms with E-state index in [1.807, 2.05) is 20.8 Å². The Labute approximate surface area is 98.1 Å². The average Bonchev–Trinajstić information content (AvgIpc) is 2.41. The molecule has 0 unspecified atom stereocenters. The van der Waals surface area contributed by atoms with Gasteiger partial charge in [0.1, 0.15) is 6.10 Å². The minimum atomic E-state index is -0.373. The van der Waals surface area contributed by atoms with Gasteiger partial charge in [0.2, 0.25) is 0 Å². The Kier molecular flexibility index (Phi) is 2.99. The molecule has 2 aliphatic heterocycles. The molecule has 0 radical (unpaired) electrons. The minimum absolute atomic E-state index is 0.0542. The van der Waals surface area contributed by atoms with Crippen LogP contribution in [-0.2, 0) is 9.53 Å². The number of hydrogen-bond acceptors (Lipinski definition) is 3. The molecule has 2 fully saturated rings. The summed E-state index contributed by atoms with van der Waals surface area (Å²) < 4.78 is 5.62. The average molecular weight is 225 g/mol. The SMILES string of the molecule is CN1[C@@H]2CC[C@@H]1CC(OC(=O)C(C)(C)C)C2. The van der Waals surface area contributed by atoms with Gasteiger partial charge in [0, 0.05) is 12.1 Å². The first-order chi connectivity index (χ1) is 7.38. The van der Waals surface area contributed by atoms with Crippen LogP contribution in [0.25, 0.3) is 0 Å². The number of nitrogens with zero attached hydrogens (tertiary/aromatic N) is 1. The predicted molar refractivity (Wildman–Crippen MR) is 63.1 cm³/mol. The lowest BCUT2D eigenvalue weighted by Crippen LogP contribution is -2.44. The Bertz CT molecular complexity index is 268. The highest BCUT2D eigenvalue weighted by molar-refractivity contribution is 5.75. The Morgan fingerprint density at radius 1 is 1.19 bits per heavy atom. The standard InChI is InChI=1S/C13H23NO2/c1-13(2,3)12(15)16-11-7-9-5-6-10(8-11)14(9)4/h9-11H,5-8H2,1-4H3/t9-,10-/m1/s1. The molecule has 3 heteroatoms. The summed E-state index contributed by atoms with van der Waals surface area (Å²) in [6.07, 6.45) is 4.74. The van der Waals surface area contributed by atoms with Crippen LogP contribution in [0, 0.1) is 5.41 Å². The first kappa shape index (κ1) is 11.9. The van der Waals surface area contributed by atoms with E-state index in [0.717, 1.165) is 12.8 Å². The van der Waals surface area contributed by atoms with E-state index in [-0.39, 0.29) is 17.5 Å². The number of ether oxygens (including phenoxy) is 1. The highest BCUT2D eigenvalue weighted by atomic mass is 16.5. The quantitative estimate of drug-likeness (QED) is 0.641. The third-order valence-electron chi connectivity index (χ3n) is 3.94. The van der Waals surface area contributed by atoms with Crippen LogP contribution in [0.15, 0.2) is 0 Å². The monoisotopic (exact) mass is 225 g/mol. The van der Waals surface area contributed by atoms with E-state index in [4.69, 9.17) is 4.74 Å². The van der Waals surface area contributed by atoms with Gasteiger partial charge < -0.3 is 9.64 Å². The second-order valence-corrected chi connectivity index (χ2v) is 6.30. The first-order valence-corrected chi connectivity index (χ1v) is 6.31. The Balaban J connectivity index is 1.92. The van der Waals surface area contributed by atoms with Crippen molar-refractivity contribution < 1.29 is 9.53 Å². The van der Waals surface area contributed by atoms with E-state index in [9.17, 15) is 4.79 Å². The number of hydrogen-bond donors (Lipinski definition) is 0. The van der Waals surface area contributed by atoms with Gasteiger partial charge in [-0.2, -0.15) is 0 Å². The molecule has 0 spiro atoms. The summed E-state index contributed by atoms with van der Waals surface area (Å²) in [5.74, 6) is -0.0542. The molecule has 0 aromatic carbocycles. The molecule has 0 aromatic heterocycles. The second-order valence-electron chi connectivity index (χ2n) is 6.30. The summed E-state index contributed by atoms with van der Waals surface area (Å²) in [4.78, 5) is 14.3. The summed E-state index contributed by atoms with van der Waals surface area (Å²) in [7, 11) is 2.20. The molecule has 2 atom stereocenters. The number of carbonyl (C=O) groups is 1. The van der Waals surface area contributed by atoms with Crippen molar-refractivity contribution in [1.29, 1.82) is 0 Å². The van der Waals surface area contributed by atoms with Crippen molar-refractivity contribution in [1.82, 2.24) is 4.90 Å². The fourth-order valence-corrected chi connectivity index (χ4v) is 2.79. The molecular weight excluding hydrogens is 202 g/mol. The van der Waals surface area contributed by atoms with Gasteiger partial charge in [-0.05, 0) is 53.5 Å². The largest absolute Gasteiger partial charge is 0.462 e. The van der Waals surface area contributed by atoms with Gasteiger partial charge in [-0.1, -0.05) is 0 Å². The van der Waals surface area contributed by atoms with E-state index >= 15 is 0 Å². The molecule has 3 nitrogen and oxygen atoms in total. The lowest BCUT2D eigenvalue weighted by molar-refractivity contribution is -0.161. The molecule has 2 bridgehead atoms. The fourth-order valence-electron chi connectivity index (χ4n) is 2.79. The van der Waals surface area contributed by atoms with Gasteiger partial charge in [-0.25, -0.2) is 0 Å². The number of piperidine rings is 1. The number of fused-ring (bicyclic) bond motifs is 2. The van der Waals surface area contributed by atoms with Crippen molar-refractivity contribution in [2.45, 2.75) is 64.6 Å².